The van der Waals surface area contributed by atoms with Gasteiger partial charge in [-0.2, -0.15) is 0 Å². The first-order valence-corrected chi connectivity index (χ1v) is 7.74. The monoisotopic (exact) mass is 371 g/mol. The topological polar surface area (TPSA) is 84.7 Å². The molecule has 0 spiro atoms. The molecule has 1 aromatic rings. The van der Waals surface area contributed by atoms with Crippen molar-refractivity contribution in [3.05, 3.63) is 34.3 Å². The molecule has 122 valence electrons. The van der Waals surface area contributed by atoms with Crippen LogP contribution >= 0.6 is 15.9 Å². The second kappa shape index (κ2) is 9.55. The van der Waals surface area contributed by atoms with Crippen molar-refractivity contribution in [2.75, 3.05) is 27.3 Å². The zero-order valence-corrected chi connectivity index (χ0v) is 14.4. The van der Waals surface area contributed by atoms with Crippen LogP contribution in [-0.4, -0.2) is 50.1 Å². The number of methoxy groups -OCH3 is 1. The fraction of sp³-hybridized carbons (Fsp3) is 0.467. The lowest BCUT2D eigenvalue weighted by atomic mass is 10.2. The van der Waals surface area contributed by atoms with Crippen molar-refractivity contribution in [1.29, 1.82) is 0 Å². The van der Waals surface area contributed by atoms with Crippen LogP contribution in [0.4, 0.5) is 0 Å². The molecule has 0 saturated heterocycles. The summed E-state index contributed by atoms with van der Waals surface area (Å²) < 4.78 is 5.77. The van der Waals surface area contributed by atoms with Crippen LogP contribution in [0.25, 0.3) is 0 Å². The summed E-state index contributed by atoms with van der Waals surface area (Å²) in [4.78, 5) is 25.2. The number of carbonyl (C=O) groups excluding carboxylic acids is 2. The van der Waals surface area contributed by atoms with E-state index in [9.17, 15) is 9.59 Å². The van der Waals surface area contributed by atoms with Gasteiger partial charge in [0.15, 0.2) is 0 Å². The number of nitrogens with two attached hydrogens (primary N) is 1. The minimum Gasteiger partial charge on any atom is -0.383 e. The van der Waals surface area contributed by atoms with Gasteiger partial charge in [0.2, 0.25) is 11.8 Å². The van der Waals surface area contributed by atoms with Gasteiger partial charge in [0, 0.05) is 38.1 Å². The van der Waals surface area contributed by atoms with E-state index in [4.69, 9.17) is 10.5 Å². The predicted octanol–water partition coefficient (Wildman–Crippen LogP) is 0.888. The number of nitrogens with one attached hydrogen (secondary N) is 1. The second-order valence-electron chi connectivity index (χ2n) is 4.94. The molecular formula is C15H22BrN3O3. The maximum absolute atomic E-state index is 12.0. The number of halogens is 1. The average molecular weight is 372 g/mol. The number of nitrogens with zero attached hydrogens (tertiary/aromatic N) is 1. The maximum atomic E-state index is 12.0. The molecule has 0 bridgehead atoms. The van der Waals surface area contributed by atoms with Crippen LogP contribution in [0, 0.1) is 0 Å². The van der Waals surface area contributed by atoms with Gasteiger partial charge in [-0.05, 0) is 11.6 Å². The van der Waals surface area contributed by atoms with E-state index in [1.54, 1.807) is 11.9 Å². The minimum absolute atomic E-state index is 0.0450. The number of benzene rings is 1. The molecule has 0 aliphatic carbocycles. The Morgan fingerprint density at radius 2 is 2.09 bits per heavy atom. The Labute approximate surface area is 139 Å². The van der Waals surface area contributed by atoms with Crippen molar-refractivity contribution in [2.24, 2.45) is 5.73 Å². The number of hydrogen-bond acceptors (Lipinski definition) is 4. The summed E-state index contributed by atoms with van der Waals surface area (Å²) in [7, 11) is 3.22. The van der Waals surface area contributed by atoms with Crippen LogP contribution in [0.2, 0.25) is 0 Å². The van der Waals surface area contributed by atoms with E-state index in [1.807, 2.05) is 24.3 Å². The maximum Gasteiger partial charge on any atom is 0.239 e. The molecule has 0 aliphatic heterocycles. The molecule has 1 atom stereocenters. The van der Waals surface area contributed by atoms with E-state index >= 15 is 0 Å². The van der Waals surface area contributed by atoms with Crippen LogP contribution in [0.3, 0.4) is 0 Å². The Kier molecular flexibility index (Phi) is 8.08. The first-order valence-electron chi connectivity index (χ1n) is 6.95. The van der Waals surface area contributed by atoms with Gasteiger partial charge in [0.25, 0.3) is 0 Å². The first-order chi connectivity index (χ1) is 10.5. The summed E-state index contributed by atoms with van der Waals surface area (Å²) >= 11 is 3.46. The van der Waals surface area contributed by atoms with Gasteiger partial charge in [0.05, 0.1) is 6.61 Å². The summed E-state index contributed by atoms with van der Waals surface area (Å²) in [5.74, 6) is -0.362. The van der Waals surface area contributed by atoms with Gasteiger partial charge in [-0.15, -0.1) is 0 Å². The fourth-order valence-corrected chi connectivity index (χ4v) is 2.25. The Morgan fingerprint density at radius 1 is 1.41 bits per heavy atom. The highest BCUT2D eigenvalue weighted by atomic mass is 79.9. The third-order valence-electron chi connectivity index (χ3n) is 3.11. The van der Waals surface area contributed by atoms with Crippen molar-refractivity contribution in [1.82, 2.24) is 10.2 Å². The molecule has 22 heavy (non-hydrogen) atoms. The Morgan fingerprint density at radius 3 is 2.73 bits per heavy atom. The van der Waals surface area contributed by atoms with Gasteiger partial charge in [0.1, 0.15) is 6.04 Å². The summed E-state index contributed by atoms with van der Waals surface area (Å²) in [5.41, 5.74) is 6.62. The Balaban J connectivity index is 2.36. The lowest BCUT2D eigenvalue weighted by Crippen LogP contribution is -2.44. The molecule has 6 nitrogen and oxygen atoms in total. The summed E-state index contributed by atoms with van der Waals surface area (Å²) in [6, 6.07) is 7.03. The SMILES string of the molecule is COCC(N)C(=O)NCCC(=O)N(C)Cc1ccccc1Br. The molecule has 3 N–H and O–H groups in total. The van der Waals surface area contributed by atoms with E-state index in [0.29, 0.717) is 6.54 Å². The highest BCUT2D eigenvalue weighted by molar-refractivity contribution is 9.10. The molecule has 0 radical (unpaired) electrons. The van der Waals surface area contributed by atoms with Crippen LogP contribution in [-0.2, 0) is 20.9 Å². The molecule has 1 rings (SSSR count). The number of ether oxygens (including phenoxy) is 1. The molecule has 1 aromatic carbocycles. The smallest absolute Gasteiger partial charge is 0.239 e. The third kappa shape index (κ3) is 6.13. The summed E-state index contributed by atoms with van der Waals surface area (Å²) in [6.07, 6.45) is 0.229. The minimum atomic E-state index is -0.710. The van der Waals surface area contributed by atoms with Crippen LogP contribution < -0.4 is 11.1 Å². The van der Waals surface area contributed by atoms with E-state index < -0.39 is 6.04 Å². The molecular weight excluding hydrogens is 350 g/mol. The van der Waals surface area contributed by atoms with Gasteiger partial charge < -0.3 is 20.7 Å². The van der Waals surface area contributed by atoms with Crippen molar-refractivity contribution >= 4 is 27.7 Å². The number of rotatable bonds is 8. The molecule has 2 amide bonds. The highest BCUT2D eigenvalue weighted by Gasteiger charge is 2.14. The predicted molar refractivity (Wildman–Crippen MR) is 88.1 cm³/mol. The standard InChI is InChI=1S/C15H22BrN3O3/c1-19(9-11-5-3-4-6-12(11)16)14(20)7-8-18-15(21)13(17)10-22-2/h3-6,13H,7-10,17H2,1-2H3,(H,18,21). The summed E-state index contributed by atoms with van der Waals surface area (Å²) in [5, 5.41) is 2.63. The third-order valence-corrected chi connectivity index (χ3v) is 3.89. The molecule has 0 heterocycles. The molecule has 0 aliphatic rings. The number of amides is 2. The van der Waals surface area contributed by atoms with E-state index in [2.05, 4.69) is 21.2 Å². The van der Waals surface area contributed by atoms with E-state index in [1.165, 1.54) is 7.11 Å². The van der Waals surface area contributed by atoms with E-state index in [-0.39, 0.29) is 31.4 Å². The van der Waals surface area contributed by atoms with Gasteiger partial charge in [-0.25, -0.2) is 0 Å². The van der Waals surface area contributed by atoms with Crippen molar-refractivity contribution in [2.45, 2.75) is 19.0 Å². The van der Waals surface area contributed by atoms with Crippen LogP contribution in [0.15, 0.2) is 28.7 Å². The van der Waals surface area contributed by atoms with Gasteiger partial charge in [-0.3, -0.25) is 9.59 Å². The number of carbonyl (C=O) groups is 2. The first kappa shape index (κ1) is 18.6. The van der Waals surface area contributed by atoms with E-state index in [0.717, 1.165) is 10.0 Å². The molecule has 0 saturated carbocycles. The quantitative estimate of drug-likeness (QED) is 0.710. The van der Waals surface area contributed by atoms with Crippen LogP contribution in [0.5, 0.6) is 0 Å². The average Bonchev–Trinajstić information content (AvgIpc) is 2.49. The molecule has 0 aromatic heterocycles. The van der Waals surface area contributed by atoms with Gasteiger partial charge >= 0.3 is 0 Å². The van der Waals surface area contributed by atoms with Crippen molar-refractivity contribution < 1.29 is 14.3 Å². The zero-order valence-electron chi connectivity index (χ0n) is 12.8. The lowest BCUT2D eigenvalue weighted by molar-refractivity contribution is -0.130. The largest absolute Gasteiger partial charge is 0.383 e. The Hall–Kier alpha value is -1.44. The fourth-order valence-electron chi connectivity index (χ4n) is 1.84. The van der Waals surface area contributed by atoms with Crippen molar-refractivity contribution in [3.63, 3.8) is 0 Å². The highest BCUT2D eigenvalue weighted by Crippen LogP contribution is 2.17. The normalized spacial score (nSPS) is 11.8. The summed E-state index contributed by atoms with van der Waals surface area (Å²) in [6.45, 7) is 0.925. The van der Waals surface area contributed by atoms with Crippen LogP contribution in [0.1, 0.15) is 12.0 Å². The van der Waals surface area contributed by atoms with Gasteiger partial charge in [-0.1, -0.05) is 34.1 Å². The lowest BCUT2D eigenvalue weighted by Gasteiger charge is -2.18. The second-order valence-corrected chi connectivity index (χ2v) is 5.80. The number of hydrogen-bond donors (Lipinski definition) is 2. The molecule has 0 fully saturated rings. The zero-order chi connectivity index (χ0) is 16.5. The van der Waals surface area contributed by atoms with Crippen molar-refractivity contribution in [3.8, 4) is 0 Å². The Bertz CT molecular complexity index is 511. The molecule has 7 heteroatoms. The molecule has 1 unspecified atom stereocenters.